The van der Waals surface area contributed by atoms with Crippen molar-refractivity contribution in [3.8, 4) is 0 Å². The van der Waals surface area contributed by atoms with E-state index < -0.39 is 0 Å². The third kappa shape index (κ3) is 1.81. The van der Waals surface area contributed by atoms with Gasteiger partial charge in [-0.25, -0.2) is 0 Å². The van der Waals surface area contributed by atoms with Crippen LogP contribution < -0.4 is 11.5 Å². The Kier molecular flexibility index (Phi) is 4.19. The molecule has 0 heterocycles. The fourth-order valence-corrected chi connectivity index (χ4v) is 1.26. The lowest BCUT2D eigenvalue weighted by atomic mass is 9.74. The molecule has 0 aromatic carbocycles. The number of hydrogen-bond donors (Lipinski definition) is 2. The standard InChI is InChI=1S/C6H14N2.ClH/c7-3-5-1-2-6(5)4-8;/h5-6H,1-4,7-8H2;1H/t5-,6-;/m0./s1. The number of nitrogens with two attached hydrogens (primary N) is 2. The molecule has 9 heavy (non-hydrogen) atoms. The van der Waals surface area contributed by atoms with Crippen LogP contribution in [0.2, 0.25) is 0 Å². The second-order valence-electron chi connectivity index (χ2n) is 2.57. The Morgan fingerprint density at radius 2 is 1.33 bits per heavy atom. The number of rotatable bonds is 2. The predicted octanol–water partition coefficient (Wildman–Crippen LogP) is 0.352. The molecule has 1 saturated carbocycles. The lowest BCUT2D eigenvalue weighted by Gasteiger charge is -2.34. The van der Waals surface area contributed by atoms with E-state index in [-0.39, 0.29) is 12.4 Å². The molecule has 2 atom stereocenters. The average molecular weight is 151 g/mol. The van der Waals surface area contributed by atoms with Gasteiger partial charge in [0.05, 0.1) is 0 Å². The van der Waals surface area contributed by atoms with Gasteiger partial charge in [0.15, 0.2) is 0 Å². The van der Waals surface area contributed by atoms with Gasteiger partial charge in [0, 0.05) is 0 Å². The van der Waals surface area contributed by atoms with Crippen LogP contribution in [0.3, 0.4) is 0 Å². The van der Waals surface area contributed by atoms with Crippen LogP contribution in [0.25, 0.3) is 0 Å². The van der Waals surface area contributed by atoms with E-state index in [4.69, 9.17) is 11.5 Å². The zero-order valence-corrected chi connectivity index (χ0v) is 6.36. The van der Waals surface area contributed by atoms with E-state index in [0.717, 1.165) is 24.9 Å². The molecule has 2 nitrogen and oxygen atoms in total. The molecule has 1 aliphatic carbocycles. The van der Waals surface area contributed by atoms with Gasteiger partial charge in [-0.2, -0.15) is 0 Å². The van der Waals surface area contributed by atoms with Gasteiger partial charge >= 0.3 is 0 Å². The summed E-state index contributed by atoms with van der Waals surface area (Å²) < 4.78 is 0. The molecule has 0 aliphatic heterocycles. The van der Waals surface area contributed by atoms with E-state index in [1.165, 1.54) is 12.8 Å². The van der Waals surface area contributed by atoms with Crippen molar-refractivity contribution in [2.24, 2.45) is 23.3 Å². The van der Waals surface area contributed by atoms with Crippen molar-refractivity contribution in [3.63, 3.8) is 0 Å². The van der Waals surface area contributed by atoms with Crippen molar-refractivity contribution in [1.29, 1.82) is 0 Å². The summed E-state index contributed by atoms with van der Waals surface area (Å²) in [7, 11) is 0. The molecule has 1 fully saturated rings. The Morgan fingerprint density at radius 1 is 1.00 bits per heavy atom. The summed E-state index contributed by atoms with van der Waals surface area (Å²) in [5, 5.41) is 0. The Balaban J connectivity index is 0.000000640. The van der Waals surface area contributed by atoms with E-state index in [1.54, 1.807) is 0 Å². The van der Waals surface area contributed by atoms with Crippen molar-refractivity contribution in [1.82, 2.24) is 0 Å². The molecular formula is C6H15ClN2. The van der Waals surface area contributed by atoms with Crippen LogP contribution in [-0.4, -0.2) is 13.1 Å². The SMILES string of the molecule is Cl.NC[C@@H]1CC[C@H]1CN. The van der Waals surface area contributed by atoms with Crippen molar-refractivity contribution >= 4 is 12.4 Å². The molecule has 0 unspecified atom stereocenters. The molecule has 4 N–H and O–H groups in total. The minimum Gasteiger partial charge on any atom is -0.330 e. The van der Waals surface area contributed by atoms with Crippen LogP contribution >= 0.6 is 12.4 Å². The highest BCUT2D eigenvalue weighted by Gasteiger charge is 2.27. The lowest BCUT2D eigenvalue weighted by Crippen LogP contribution is -2.36. The topological polar surface area (TPSA) is 52.0 Å². The van der Waals surface area contributed by atoms with Crippen LogP contribution in [-0.2, 0) is 0 Å². The smallest absolute Gasteiger partial charge is 0.00457 e. The van der Waals surface area contributed by atoms with Crippen molar-refractivity contribution < 1.29 is 0 Å². The zero-order chi connectivity index (χ0) is 5.98. The Hall–Kier alpha value is 0.210. The quantitative estimate of drug-likeness (QED) is 0.597. The van der Waals surface area contributed by atoms with E-state index >= 15 is 0 Å². The minimum absolute atomic E-state index is 0. The first-order chi connectivity index (χ1) is 3.88. The molecular weight excluding hydrogens is 136 g/mol. The van der Waals surface area contributed by atoms with Crippen LogP contribution in [0.4, 0.5) is 0 Å². The average Bonchev–Trinajstić information content (AvgIpc) is 1.66. The van der Waals surface area contributed by atoms with E-state index in [2.05, 4.69) is 0 Å². The third-order valence-electron chi connectivity index (χ3n) is 2.18. The maximum absolute atomic E-state index is 5.44. The predicted molar refractivity (Wildman–Crippen MR) is 41.6 cm³/mol. The third-order valence-corrected chi connectivity index (χ3v) is 2.18. The van der Waals surface area contributed by atoms with Gasteiger partial charge in [-0.1, -0.05) is 0 Å². The maximum Gasteiger partial charge on any atom is -0.00457 e. The first kappa shape index (κ1) is 9.21. The zero-order valence-electron chi connectivity index (χ0n) is 5.55. The molecule has 0 radical (unpaired) electrons. The molecule has 0 aromatic heterocycles. The summed E-state index contributed by atoms with van der Waals surface area (Å²) in [6, 6.07) is 0. The van der Waals surface area contributed by atoms with Crippen LogP contribution in [0.15, 0.2) is 0 Å². The first-order valence-electron chi connectivity index (χ1n) is 3.28. The highest BCUT2D eigenvalue weighted by molar-refractivity contribution is 5.85. The van der Waals surface area contributed by atoms with Gasteiger partial charge in [0.1, 0.15) is 0 Å². The largest absolute Gasteiger partial charge is 0.330 e. The molecule has 0 saturated heterocycles. The summed E-state index contributed by atoms with van der Waals surface area (Å²) in [5.74, 6) is 1.50. The molecule has 1 rings (SSSR count). The monoisotopic (exact) mass is 150 g/mol. The second kappa shape index (κ2) is 4.09. The van der Waals surface area contributed by atoms with Gasteiger partial charge in [-0.05, 0) is 37.8 Å². The first-order valence-corrected chi connectivity index (χ1v) is 3.28. The van der Waals surface area contributed by atoms with E-state index in [1.807, 2.05) is 0 Å². The van der Waals surface area contributed by atoms with Gasteiger partial charge in [-0.3, -0.25) is 0 Å². The van der Waals surface area contributed by atoms with Crippen molar-refractivity contribution in [2.75, 3.05) is 13.1 Å². The summed E-state index contributed by atoms with van der Waals surface area (Å²) in [4.78, 5) is 0. The second-order valence-corrected chi connectivity index (χ2v) is 2.57. The molecule has 0 aromatic rings. The molecule has 1 aliphatic rings. The normalized spacial score (nSPS) is 32.7. The summed E-state index contributed by atoms with van der Waals surface area (Å²) in [6.45, 7) is 1.67. The highest BCUT2D eigenvalue weighted by Crippen LogP contribution is 2.31. The number of hydrogen-bond acceptors (Lipinski definition) is 2. The van der Waals surface area contributed by atoms with Crippen molar-refractivity contribution in [2.45, 2.75) is 12.8 Å². The molecule has 56 valence electrons. The van der Waals surface area contributed by atoms with Gasteiger partial charge in [0.25, 0.3) is 0 Å². The van der Waals surface area contributed by atoms with Gasteiger partial charge in [0.2, 0.25) is 0 Å². The Morgan fingerprint density at radius 3 is 1.44 bits per heavy atom. The van der Waals surface area contributed by atoms with Gasteiger partial charge < -0.3 is 11.5 Å². The van der Waals surface area contributed by atoms with E-state index in [0.29, 0.717) is 0 Å². The van der Waals surface area contributed by atoms with Crippen LogP contribution in [0.5, 0.6) is 0 Å². The van der Waals surface area contributed by atoms with E-state index in [9.17, 15) is 0 Å². The summed E-state index contributed by atoms with van der Waals surface area (Å²) >= 11 is 0. The van der Waals surface area contributed by atoms with Crippen LogP contribution in [0, 0.1) is 11.8 Å². The lowest BCUT2D eigenvalue weighted by molar-refractivity contribution is 0.192. The Labute approximate surface area is 62.4 Å². The molecule has 0 spiro atoms. The minimum atomic E-state index is 0. The summed E-state index contributed by atoms with van der Waals surface area (Å²) in [5.41, 5.74) is 10.9. The summed E-state index contributed by atoms with van der Waals surface area (Å²) in [6.07, 6.45) is 2.61. The number of halogens is 1. The van der Waals surface area contributed by atoms with Gasteiger partial charge in [-0.15, -0.1) is 12.4 Å². The molecule has 0 amide bonds. The molecule has 0 bridgehead atoms. The maximum atomic E-state index is 5.44. The van der Waals surface area contributed by atoms with Crippen molar-refractivity contribution in [3.05, 3.63) is 0 Å². The van der Waals surface area contributed by atoms with Crippen LogP contribution in [0.1, 0.15) is 12.8 Å². The fraction of sp³-hybridized carbons (Fsp3) is 1.00. The highest BCUT2D eigenvalue weighted by atomic mass is 35.5. The molecule has 3 heteroatoms. The Bertz CT molecular complexity index is 63.5. The fourth-order valence-electron chi connectivity index (χ4n) is 1.26.